The molecule has 0 aromatic heterocycles. The molecule has 1 aliphatic heterocycles. The van der Waals surface area contributed by atoms with E-state index in [1.165, 1.54) is 0 Å². The largest absolute Gasteiger partial charge is 0.377 e. The highest BCUT2D eigenvalue weighted by molar-refractivity contribution is 5.81. The second-order valence-corrected chi connectivity index (χ2v) is 3.93. The van der Waals surface area contributed by atoms with Gasteiger partial charge in [0.1, 0.15) is 0 Å². The zero-order valence-electron chi connectivity index (χ0n) is 10.1. The van der Waals surface area contributed by atoms with E-state index in [1.807, 2.05) is 11.8 Å². The summed E-state index contributed by atoms with van der Waals surface area (Å²) in [5.41, 5.74) is 2.20. The molecule has 0 bridgehead atoms. The number of hydrogen-bond donors (Lipinski definition) is 2. The Balaban J connectivity index is 2.64. The first kappa shape index (κ1) is 13.4. The van der Waals surface area contributed by atoms with E-state index < -0.39 is 0 Å². The lowest BCUT2D eigenvalue weighted by atomic mass is 10.2. The number of methoxy groups -OCH3 is 2. The van der Waals surface area contributed by atoms with Crippen LogP contribution in [-0.2, 0) is 14.3 Å². The summed E-state index contributed by atoms with van der Waals surface area (Å²) in [6.45, 7) is 3.35. The van der Waals surface area contributed by atoms with E-state index >= 15 is 0 Å². The third kappa shape index (κ3) is 2.70. The van der Waals surface area contributed by atoms with Gasteiger partial charge >= 0.3 is 0 Å². The minimum Gasteiger partial charge on any atom is -0.377 e. The molecule has 6 heteroatoms. The van der Waals surface area contributed by atoms with Gasteiger partial charge in [0, 0.05) is 27.3 Å². The molecule has 1 heterocycles. The van der Waals surface area contributed by atoms with Crippen LogP contribution in [0.15, 0.2) is 0 Å². The molecular weight excluding hydrogens is 210 g/mol. The van der Waals surface area contributed by atoms with Crippen molar-refractivity contribution in [1.29, 1.82) is 0 Å². The summed E-state index contributed by atoms with van der Waals surface area (Å²) >= 11 is 0. The molecule has 0 saturated carbocycles. The highest BCUT2D eigenvalue weighted by atomic mass is 16.5. The van der Waals surface area contributed by atoms with Crippen LogP contribution in [0.3, 0.4) is 0 Å². The Hall–Kier alpha value is -0.690. The summed E-state index contributed by atoms with van der Waals surface area (Å²) in [4.78, 5) is 13.6. The van der Waals surface area contributed by atoms with Crippen molar-refractivity contribution < 1.29 is 14.3 Å². The fourth-order valence-electron chi connectivity index (χ4n) is 2.18. The Morgan fingerprint density at radius 1 is 1.44 bits per heavy atom. The summed E-state index contributed by atoms with van der Waals surface area (Å²) in [5, 5.41) is 0. The lowest BCUT2D eigenvalue weighted by Crippen LogP contribution is -2.48. The van der Waals surface area contributed by atoms with E-state index in [-0.39, 0.29) is 24.2 Å². The first-order valence-corrected chi connectivity index (χ1v) is 5.48. The molecule has 1 rings (SSSR count). The first-order valence-electron chi connectivity index (χ1n) is 5.48. The Morgan fingerprint density at radius 3 is 2.25 bits per heavy atom. The van der Waals surface area contributed by atoms with E-state index in [0.717, 1.165) is 6.42 Å². The molecule has 1 fully saturated rings. The van der Waals surface area contributed by atoms with Crippen LogP contribution in [0.25, 0.3) is 0 Å². The maximum Gasteiger partial charge on any atom is 0.251 e. The van der Waals surface area contributed by atoms with Crippen molar-refractivity contribution in [3.8, 4) is 0 Å². The molecule has 3 N–H and O–H groups in total. The van der Waals surface area contributed by atoms with Crippen LogP contribution in [0.5, 0.6) is 0 Å². The predicted octanol–water partition coefficient (Wildman–Crippen LogP) is -0.899. The molecule has 1 aliphatic rings. The number of hydrazine groups is 1. The van der Waals surface area contributed by atoms with Crippen LogP contribution in [-0.4, -0.2) is 56.4 Å². The number of hydrogen-bond acceptors (Lipinski definition) is 5. The summed E-state index contributed by atoms with van der Waals surface area (Å²) in [5.74, 6) is 5.00. The van der Waals surface area contributed by atoms with E-state index in [0.29, 0.717) is 13.1 Å². The molecule has 0 spiro atoms. The fraction of sp³-hybridized carbons (Fsp3) is 0.900. The molecule has 0 radical (unpaired) electrons. The van der Waals surface area contributed by atoms with Crippen molar-refractivity contribution in [3.05, 3.63) is 0 Å². The molecule has 16 heavy (non-hydrogen) atoms. The number of amides is 1. The van der Waals surface area contributed by atoms with Gasteiger partial charge in [-0.1, -0.05) is 6.92 Å². The van der Waals surface area contributed by atoms with Crippen LogP contribution in [0.2, 0.25) is 0 Å². The van der Waals surface area contributed by atoms with Crippen LogP contribution >= 0.6 is 0 Å². The van der Waals surface area contributed by atoms with Crippen LogP contribution in [0.4, 0.5) is 0 Å². The molecule has 0 aromatic rings. The normalized spacial score (nSPS) is 28.0. The average Bonchev–Trinajstić information content (AvgIpc) is 2.72. The second-order valence-electron chi connectivity index (χ2n) is 3.93. The SMILES string of the molecule is CCC(C(=O)NN)N1CC(OC)C(OC)C1. The Morgan fingerprint density at radius 2 is 1.94 bits per heavy atom. The topological polar surface area (TPSA) is 76.8 Å². The molecule has 1 saturated heterocycles. The molecule has 3 unspecified atom stereocenters. The van der Waals surface area contributed by atoms with Gasteiger partial charge in [-0.15, -0.1) is 0 Å². The van der Waals surface area contributed by atoms with Gasteiger partial charge in [-0.25, -0.2) is 5.84 Å². The number of carbonyl (C=O) groups is 1. The fourth-order valence-corrected chi connectivity index (χ4v) is 2.18. The second kappa shape index (κ2) is 6.15. The van der Waals surface area contributed by atoms with Crippen LogP contribution in [0.1, 0.15) is 13.3 Å². The summed E-state index contributed by atoms with van der Waals surface area (Å²) in [6.07, 6.45) is 0.754. The molecule has 94 valence electrons. The van der Waals surface area contributed by atoms with Crippen LogP contribution < -0.4 is 11.3 Å². The van der Waals surface area contributed by atoms with Crippen molar-refractivity contribution in [1.82, 2.24) is 10.3 Å². The minimum atomic E-state index is -0.206. The predicted molar refractivity (Wildman–Crippen MR) is 59.6 cm³/mol. The van der Waals surface area contributed by atoms with Crippen LogP contribution in [0, 0.1) is 0 Å². The molecule has 1 amide bonds. The lowest BCUT2D eigenvalue weighted by molar-refractivity contribution is -0.126. The smallest absolute Gasteiger partial charge is 0.251 e. The van der Waals surface area contributed by atoms with Gasteiger partial charge in [0.25, 0.3) is 5.91 Å². The third-order valence-corrected chi connectivity index (χ3v) is 3.12. The van der Waals surface area contributed by atoms with E-state index in [1.54, 1.807) is 14.2 Å². The number of ether oxygens (including phenoxy) is 2. The number of likely N-dealkylation sites (tertiary alicyclic amines) is 1. The quantitative estimate of drug-likeness (QED) is 0.364. The summed E-state index contributed by atoms with van der Waals surface area (Å²) in [6, 6.07) is -0.206. The highest BCUT2D eigenvalue weighted by Crippen LogP contribution is 2.19. The molecule has 0 aromatic carbocycles. The lowest BCUT2D eigenvalue weighted by Gasteiger charge is -2.24. The number of nitrogens with zero attached hydrogens (tertiary/aromatic N) is 1. The van der Waals surface area contributed by atoms with Crippen molar-refractivity contribution in [3.63, 3.8) is 0 Å². The van der Waals surface area contributed by atoms with Crippen molar-refractivity contribution in [2.75, 3.05) is 27.3 Å². The van der Waals surface area contributed by atoms with Gasteiger partial charge in [-0.3, -0.25) is 15.1 Å². The van der Waals surface area contributed by atoms with Gasteiger partial charge in [0.05, 0.1) is 18.2 Å². The van der Waals surface area contributed by atoms with Crippen molar-refractivity contribution in [2.24, 2.45) is 5.84 Å². The Labute approximate surface area is 96.0 Å². The van der Waals surface area contributed by atoms with Gasteiger partial charge in [0.2, 0.25) is 0 Å². The number of nitrogens with one attached hydrogen (secondary N) is 1. The van der Waals surface area contributed by atoms with Gasteiger partial charge in [0.15, 0.2) is 0 Å². The zero-order chi connectivity index (χ0) is 12.1. The van der Waals surface area contributed by atoms with E-state index in [2.05, 4.69) is 5.43 Å². The van der Waals surface area contributed by atoms with Gasteiger partial charge in [-0.05, 0) is 6.42 Å². The standard InChI is InChI=1S/C10H21N3O3/c1-4-7(10(14)12-11)13-5-8(15-2)9(6-13)16-3/h7-9H,4-6,11H2,1-3H3,(H,12,14). The van der Waals surface area contributed by atoms with E-state index in [4.69, 9.17) is 15.3 Å². The van der Waals surface area contributed by atoms with Gasteiger partial charge in [-0.2, -0.15) is 0 Å². The van der Waals surface area contributed by atoms with Crippen molar-refractivity contribution >= 4 is 5.91 Å². The zero-order valence-corrected chi connectivity index (χ0v) is 10.1. The molecular formula is C10H21N3O3. The van der Waals surface area contributed by atoms with Crippen molar-refractivity contribution in [2.45, 2.75) is 31.6 Å². The first-order chi connectivity index (χ1) is 7.67. The monoisotopic (exact) mass is 231 g/mol. The summed E-state index contributed by atoms with van der Waals surface area (Å²) in [7, 11) is 3.31. The highest BCUT2D eigenvalue weighted by Gasteiger charge is 2.38. The average molecular weight is 231 g/mol. The maximum atomic E-state index is 11.6. The Bertz CT molecular complexity index is 225. The third-order valence-electron chi connectivity index (χ3n) is 3.12. The maximum absolute atomic E-state index is 11.6. The van der Waals surface area contributed by atoms with E-state index in [9.17, 15) is 4.79 Å². The molecule has 0 aliphatic carbocycles. The number of carbonyl (C=O) groups excluding carboxylic acids is 1. The Kier molecular flexibility index (Phi) is 5.14. The molecule has 6 nitrogen and oxygen atoms in total. The van der Waals surface area contributed by atoms with Gasteiger partial charge < -0.3 is 9.47 Å². The number of rotatable bonds is 5. The minimum absolute atomic E-state index is 0.0182. The number of nitrogens with two attached hydrogens (primary N) is 1. The molecule has 3 atom stereocenters. The summed E-state index contributed by atoms with van der Waals surface area (Å²) < 4.78 is 10.6.